The topological polar surface area (TPSA) is 41.1 Å². The molecule has 0 bridgehead atoms. The molecule has 0 aliphatic rings. The van der Waals surface area contributed by atoms with Gasteiger partial charge in [0.25, 0.3) is 0 Å². The van der Waals surface area contributed by atoms with Crippen molar-refractivity contribution in [2.24, 2.45) is 5.92 Å². The molecule has 0 aliphatic carbocycles. The van der Waals surface area contributed by atoms with Gasteiger partial charge in [0.1, 0.15) is 5.82 Å². The smallest absolute Gasteiger partial charge is 0.224 e. The number of hydrogen-bond donors (Lipinski definition) is 2. The van der Waals surface area contributed by atoms with Crippen molar-refractivity contribution in [3.05, 3.63) is 34.6 Å². The fourth-order valence-corrected chi connectivity index (χ4v) is 1.81. The first-order chi connectivity index (χ1) is 8.45. The molecule has 0 aliphatic heterocycles. The molecule has 2 N–H and O–H groups in total. The van der Waals surface area contributed by atoms with Crippen LogP contribution in [0.5, 0.6) is 0 Å². The second-order valence-corrected chi connectivity index (χ2v) is 4.77. The molecule has 18 heavy (non-hydrogen) atoms. The molecule has 0 saturated carbocycles. The van der Waals surface area contributed by atoms with E-state index in [0.717, 1.165) is 5.56 Å². The summed E-state index contributed by atoms with van der Waals surface area (Å²) in [5.41, 5.74) is 0.784. The third kappa shape index (κ3) is 3.96. The lowest BCUT2D eigenvalue weighted by atomic mass is 10.1. The maximum absolute atomic E-state index is 13.0. The second-order valence-electron chi connectivity index (χ2n) is 4.36. The zero-order chi connectivity index (χ0) is 13.7. The van der Waals surface area contributed by atoms with Crippen molar-refractivity contribution in [2.75, 3.05) is 13.6 Å². The Balaban J connectivity index is 2.67. The van der Waals surface area contributed by atoms with E-state index in [1.54, 1.807) is 13.1 Å². The molecule has 1 aromatic carbocycles. The summed E-state index contributed by atoms with van der Waals surface area (Å²) in [5, 5.41) is 5.88. The number of carbonyl (C=O) groups is 1. The van der Waals surface area contributed by atoms with Crippen molar-refractivity contribution in [3.63, 3.8) is 0 Å². The first-order valence-corrected chi connectivity index (χ1v) is 6.23. The van der Waals surface area contributed by atoms with E-state index in [2.05, 4.69) is 10.6 Å². The molecule has 0 spiro atoms. The summed E-state index contributed by atoms with van der Waals surface area (Å²) in [6, 6.07) is 4.26. The van der Waals surface area contributed by atoms with Gasteiger partial charge in [-0.25, -0.2) is 4.39 Å². The molecule has 2 unspecified atom stereocenters. The summed E-state index contributed by atoms with van der Waals surface area (Å²) in [6.07, 6.45) is 0. The predicted octanol–water partition coefficient (Wildman–Crippen LogP) is 2.51. The maximum atomic E-state index is 13.0. The Morgan fingerprint density at radius 3 is 2.67 bits per heavy atom. The number of halogens is 2. The van der Waals surface area contributed by atoms with E-state index >= 15 is 0 Å². The molecule has 3 nitrogen and oxygen atoms in total. The van der Waals surface area contributed by atoms with Gasteiger partial charge in [-0.2, -0.15) is 0 Å². The first kappa shape index (κ1) is 14.9. The van der Waals surface area contributed by atoms with Crippen LogP contribution in [0.1, 0.15) is 25.5 Å². The SMILES string of the molecule is CNCC(C)C(=O)NC(C)c1ccc(F)c(Cl)c1. The van der Waals surface area contributed by atoms with Crippen molar-refractivity contribution >= 4 is 17.5 Å². The quantitative estimate of drug-likeness (QED) is 0.865. The van der Waals surface area contributed by atoms with Gasteiger partial charge in [0, 0.05) is 12.5 Å². The van der Waals surface area contributed by atoms with Gasteiger partial charge in [0.2, 0.25) is 5.91 Å². The van der Waals surface area contributed by atoms with E-state index in [-0.39, 0.29) is 22.9 Å². The number of hydrogen-bond acceptors (Lipinski definition) is 2. The van der Waals surface area contributed by atoms with Gasteiger partial charge in [0.05, 0.1) is 11.1 Å². The van der Waals surface area contributed by atoms with Crippen molar-refractivity contribution < 1.29 is 9.18 Å². The van der Waals surface area contributed by atoms with Gasteiger partial charge in [-0.15, -0.1) is 0 Å². The van der Waals surface area contributed by atoms with Crippen LogP contribution in [0, 0.1) is 11.7 Å². The van der Waals surface area contributed by atoms with Crippen molar-refractivity contribution in [3.8, 4) is 0 Å². The Morgan fingerprint density at radius 1 is 1.44 bits per heavy atom. The Morgan fingerprint density at radius 2 is 2.11 bits per heavy atom. The molecule has 5 heteroatoms. The minimum atomic E-state index is -0.456. The van der Waals surface area contributed by atoms with Crippen LogP contribution < -0.4 is 10.6 Å². The number of benzene rings is 1. The predicted molar refractivity (Wildman–Crippen MR) is 71.1 cm³/mol. The number of nitrogens with one attached hydrogen (secondary N) is 2. The molecule has 0 fully saturated rings. The van der Waals surface area contributed by atoms with Gasteiger partial charge in [-0.1, -0.05) is 24.6 Å². The largest absolute Gasteiger partial charge is 0.349 e. The van der Waals surface area contributed by atoms with Crippen LogP contribution in [0.2, 0.25) is 5.02 Å². The highest BCUT2D eigenvalue weighted by molar-refractivity contribution is 6.30. The Bertz CT molecular complexity index is 425. The van der Waals surface area contributed by atoms with E-state index in [1.165, 1.54) is 12.1 Å². The van der Waals surface area contributed by atoms with Crippen LogP contribution >= 0.6 is 11.6 Å². The lowest BCUT2D eigenvalue weighted by molar-refractivity contribution is -0.125. The van der Waals surface area contributed by atoms with Crippen LogP contribution in [0.3, 0.4) is 0 Å². The molecule has 2 atom stereocenters. The number of rotatable bonds is 5. The molecule has 100 valence electrons. The van der Waals surface area contributed by atoms with E-state index in [0.29, 0.717) is 6.54 Å². The summed E-state index contributed by atoms with van der Waals surface area (Å²) in [4.78, 5) is 11.8. The van der Waals surface area contributed by atoms with Crippen molar-refractivity contribution in [2.45, 2.75) is 19.9 Å². The lowest BCUT2D eigenvalue weighted by Crippen LogP contribution is -2.35. The Hall–Kier alpha value is -1.13. The molecule has 1 aromatic rings. The highest BCUT2D eigenvalue weighted by Gasteiger charge is 2.16. The summed E-state index contributed by atoms with van der Waals surface area (Å²) in [5.74, 6) is -0.617. The third-order valence-corrected chi connectivity index (χ3v) is 3.05. The van der Waals surface area contributed by atoms with E-state index in [9.17, 15) is 9.18 Å². The minimum absolute atomic E-state index is 0.0442. The molecule has 1 amide bonds. The molecular weight excluding hydrogens is 255 g/mol. The maximum Gasteiger partial charge on any atom is 0.224 e. The molecular formula is C13H18ClFN2O. The molecule has 1 rings (SSSR count). The highest BCUT2D eigenvalue weighted by Crippen LogP contribution is 2.20. The standard InChI is InChI=1S/C13H18ClFN2O/c1-8(7-16-3)13(18)17-9(2)10-4-5-12(15)11(14)6-10/h4-6,8-9,16H,7H2,1-3H3,(H,17,18). The van der Waals surface area contributed by atoms with Gasteiger partial charge in [-0.05, 0) is 31.7 Å². The summed E-state index contributed by atoms with van der Waals surface area (Å²) in [7, 11) is 1.80. The average molecular weight is 273 g/mol. The second kappa shape index (κ2) is 6.71. The normalized spacial score (nSPS) is 14.1. The molecule has 0 radical (unpaired) electrons. The van der Waals surface area contributed by atoms with E-state index < -0.39 is 5.82 Å². The minimum Gasteiger partial charge on any atom is -0.349 e. The molecule has 0 saturated heterocycles. The average Bonchev–Trinajstić information content (AvgIpc) is 2.32. The zero-order valence-corrected chi connectivity index (χ0v) is 11.5. The van der Waals surface area contributed by atoms with Crippen LogP contribution in [0.15, 0.2) is 18.2 Å². The monoisotopic (exact) mass is 272 g/mol. The van der Waals surface area contributed by atoms with Gasteiger partial charge < -0.3 is 10.6 Å². The zero-order valence-electron chi connectivity index (χ0n) is 10.8. The first-order valence-electron chi connectivity index (χ1n) is 5.85. The molecule has 0 heterocycles. The van der Waals surface area contributed by atoms with E-state index in [4.69, 9.17) is 11.6 Å². The van der Waals surface area contributed by atoms with Crippen molar-refractivity contribution in [1.29, 1.82) is 0 Å². The fraction of sp³-hybridized carbons (Fsp3) is 0.462. The third-order valence-electron chi connectivity index (χ3n) is 2.76. The highest BCUT2D eigenvalue weighted by atomic mass is 35.5. The number of amides is 1. The molecule has 0 aromatic heterocycles. The van der Waals surface area contributed by atoms with Crippen LogP contribution in [-0.2, 0) is 4.79 Å². The van der Waals surface area contributed by atoms with Crippen molar-refractivity contribution in [1.82, 2.24) is 10.6 Å². The van der Waals surface area contributed by atoms with Gasteiger partial charge in [0.15, 0.2) is 0 Å². The lowest BCUT2D eigenvalue weighted by Gasteiger charge is -2.18. The summed E-state index contributed by atoms with van der Waals surface area (Å²) < 4.78 is 13.0. The van der Waals surface area contributed by atoms with E-state index in [1.807, 2.05) is 13.8 Å². The fourth-order valence-electron chi connectivity index (χ4n) is 1.62. The van der Waals surface area contributed by atoms with Gasteiger partial charge >= 0.3 is 0 Å². The Labute approximate surface area is 112 Å². The number of carbonyl (C=O) groups excluding carboxylic acids is 1. The summed E-state index contributed by atoms with van der Waals surface area (Å²) >= 11 is 5.71. The van der Waals surface area contributed by atoms with Crippen LogP contribution in [0.25, 0.3) is 0 Å². The van der Waals surface area contributed by atoms with Crippen LogP contribution in [0.4, 0.5) is 4.39 Å². The van der Waals surface area contributed by atoms with Gasteiger partial charge in [-0.3, -0.25) is 4.79 Å². The Kier molecular flexibility index (Phi) is 5.56. The summed E-state index contributed by atoms with van der Waals surface area (Å²) in [6.45, 7) is 4.30. The van der Waals surface area contributed by atoms with Crippen LogP contribution in [-0.4, -0.2) is 19.5 Å².